The van der Waals surface area contributed by atoms with Crippen LogP contribution in [0.5, 0.6) is 5.75 Å². The molecule has 2 N–H and O–H groups in total. The molecule has 3 heterocycles. The summed E-state index contributed by atoms with van der Waals surface area (Å²) in [6, 6.07) is 7.32. The zero-order chi connectivity index (χ0) is 28.9. The fraction of sp³-hybridized carbons (Fsp3) is 0.517. The van der Waals surface area contributed by atoms with Crippen molar-refractivity contribution in [3.63, 3.8) is 0 Å². The highest BCUT2D eigenvalue weighted by Gasteiger charge is 2.50. The molecule has 1 fully saturated rings. The Balaban J connectivity index is 0.00000206. The van der Waals surface area contributed by atoms with Crippen molar-refractivity contribution in [2.24, 2.45) is 5.41 Å². The van der Waals surface area contributed by atoms with Crippen molar-refractivity contribution in [2.45, 2.75) is 86.2 Å². The zero-order valence-electron chi connectivity index (χ0n) is 24.2. The van der Waals surface area contributed by atoms with Gasteiger partial charge in [0.25, 0.3) is 5.56 Å². The first kappa shape index (κ1) is 29.6. The molecule has 3 aromatic rings. The average Bonchev–Trinajstić information content (AvgIpc) is 3.19. The van der Waals surface area contributed by atoms with E-state index in [1.165, 1.54) is 4.90 Å². The molecule has 0 bridgehead atoms. The number of rotatable bonds is 8. The Bertz CT molecular complexity index is 1460. The molecular weight excluding hydrogens is 494 g/mol. The van der Waals surface area contributed by atoms with Gasteiger partial charge in [0, 0.05) is 20.5 Å². The molecule has 212 valence electrons. The van der Waals surface area contributed by atoms with Crippen molar-refractivity contribution < 1.29 is 12.4 Å². The molecule has 0 radical (unpaired) electrons. The van der Waals surface area contributed by atoms with Crippen molar-refractivity contribution in [3.05, 3.63) is 45.5 Å². The number of carbonyl (C=O) groups excluding carboxylic acids is 1. The fourth-order valence-corrected chi connectivity index (χ4v) is 4.94. The van der Waals surface area contributed by atoms with E-state index >= 15 is 0 Å². The maximum Gasteiger partial charge on any atom is 0.253 e. The van der Waals surface area contributed by atoms with Crippen molar-refractivity contribution in [3.8, 4) is 11.8 Å². The Labute approximate surface area is 232 Å². The number of nitrogens with zero attached hydrogens (tertiary/aromatic N) is 5. The van der Waals surface area contributed by atoms with Crippen LogP contribution in [0.3, 0.4) is 0 Å². The van der Waals surface area contributed by atoms with Gasteiger partial charge in [0.15, 0.2) is 0 Å². The van der Waals surface area contributed by atoms with Crippen LogP contribution in [-0.4, -0.2) is 39.0 Å². The number of aromatic nitrogens is 4. The number of carbonyl (C=O) groups is 1. The normalized spacial score (nSPS) is 19.3. The van der Waals surface area contributed by atoms with Crippen LogP contribution in [0.1, 0.15) is 86.7 Å². The molecule has 0 unspecified atom stereocenters. The Kier molecular flexibility index (Phi) is 9.28. The van der Waals surface area contributed by atoms with E-state index in [1.807, 2.05) is 45.9 Å². The first-order chi connectivity index (χ1) is 18.6. The third-order valence-corrected chi connectivity index (χ3v) is 6.97. The predicted molar refractivity (Wildman–Crippen MR) is 157 cm³/mol. The average molecular weight is 538 g/mol. The molecule has 3 atom stereocenters. The predicted octanol–water partition coefficient (Wildman–Crippen LogP) is 5.72. The van der Waals surface area contributed by atoms with E-state index < -0.39 is 11.5 Å². The number of methoxy groups -OCH3 is 1. The number of anilines is 2. The summed E-state index contributed by atoms with van der Waals surface area (Å²) >= 11 is 0. The number of hydrogen-bond donors (Lipinski definition) is 2. The number of aryl methyl sites for hydroxylation is 2. The summed E-state index contributed by atoms with van der Waals surface area (Å²) in [6.07, 6.45) is 2.93. The van der Waals surface area contributed by atoms with Crippen LogP contribution in [0.4, 0.5) is 11.9 Å². The number of fused-ring (bicyclic) bond motifs is 1. The minimum Gasteiger partial charge on any atom is -0.496 e. The van der Waals surface area contributed by atoms with Gasteiger partial charge in [0.1, 0.15) is 17.0 Å². The van der Waals surface area contributed by atoms with Crippen LogP contribution >= 0.6 is 0 Å². The SMILES string of the molecule is CC.CCCc1cc2cc([C@H](C)Nc3nc(C)nc(N4C(=O)[C@@](C)(C#N)C[C@@H]4CC)n3)c(=O)[nH]c2cc1OC.[HH].[HH]. The lowest BCUT2D eigenvalue weighted by Gasteiger charge is -2.23. The van der Waals surface area contributed by atoms with E-state index in [4.69, 9.17) is 4.74 Å². The van der Waals surface area contributed by atoms with E-state index in [2.05, 4.69) is 38.2 Å². The summed E-state index contributed by atoms with van der Waals surface area (Å²) in [7, 11) is 1.63. The quantitative estimate of drug-likeness (QED) is 0.372. The van der Waals surface area contributed by atoms with Crippen LogP contribution in [0.2, 0.25) is 0 Å². The van der Waals surface area contributed by atoms with Crippen LogP contribution in [0.15, 0.2) is 23.0 Å². The van der Waals surface area contributed by atoms with E-state index in [9.17, 15) is 14.9 Å². The maximum absolute atomic E-state index is 13.1. The summed E-state index contributed by atoms with van der Waals surface area (Å²) in [6.45, 7) is 13.3. The standard InChI is InChI=1S/C27H33N7O3.C2H6.2H2/c1-7-9-17-10-18-11-20(23(35)32-21(18)12-22(17)37-6)15(3)29-25-30-16(4)31-26(33-25)34-19(8-2)13-27(5,14-28)24(34)36;1-2;;/h10-12,15,19H,7-9,13H2,1-6H3,(H,32,35)(H,29,30,31,33);1-2H3;2*1H/t15-,19-,27+;;;/m0.../s1. The van der Waals surface area contributed by atoms with Gasteiger partial charge >= 0.3 is 0 Å². The Hall–Kier alpha value is -4.00. The largest absolute Gasteiger partial charge is 0.496 e. The van der Waals surface area contributed by atoms with Gasteiger partial charge in [-0.1, -0.05) is 34.1 Å². The molecule has 10 heteroatoms. The monoisotopic (exact) mass is 537 g/mol. The number of pyridine rings is 1. The summed E-state index contributed by atoms with van der Waals surface area (Å²) in [4.78, 5) is 43.9. The smallest absolute Gasteiger partial charge is 0.253 e. The van der Waals surface area contributed by atoms with E-state index in [0.717, 1.165) is 29.5 Å². The maximum atomic E-state index is 13.1. The van der Waals surface area contributed by atoms with Crippen LogP contribution in [-0.2, 0) is 11.2 Å². The minimum atomic E-state index is -1.11. The topological polar surface area (TPSA) is 137 Å². The van der Waals surface area contributed by atoms with Gasteiger partial charge in [-0.15, -0.1) is 0 Å². The molecule has 0 saturated carbocycles. The van der Waals surface area contributed by atoms with E-state index in [1.54, 1.807) is 21.0 Å². The molecule has 1 saturated heterocycles. The molecule has 0 aliphatic carbocycles. The van der Waals surface area contributed by atoms with Gasteiger partial charge in [-0.3, -0.25) is 14.5 Å². The molecule has 4 rings (SSSR count). The second kappa shape index (κ2) is 12.2. The van der Waals surface area contributed by atoms with Gasteiger partial charge < -0.3 is 15.0 Å². The van der Waals surface area contributed by atoms with Gasteiger partial charge in [-0.05, 0) is 63.1 Å². The van der Waals surface area contributed by atoms with Crippen molar-refractivity contribution in [2.75, 3.05) is 17.3 Å². The summed E-state index contributed by atoms with van der Waals surface area (Å²) in [5.41, 5.74) is 0.975. The molecule has 1 aliphatic rings. The van der Waals surface area contributed by atoms with Crippen molar-refractivity contribution in [1.82, 2.24) is 19.9 Å². The molecule has 1 aromatic carbocycles. The Morgan fingerprint density at radius 3 is 2.59 bits per heavy atom. The first-order valence-electron chi connectivity index (χ1n) is 13.6. The summed E-state index contributed by atoms with van der Waals surface area (Å²) in [5.74, 6) is 1.34. The molecule has 10 nitrogen and oxygen atoms in total. The summed E-state index contributed by atoms with van der Waals surface area (Å²) in [5, 5.41) is 13.7. The Morgan fingerprint density at radius 1 is 1.26 bits per heavy atom. The molecule has 2 aromatic heterocycles. The summed E-state index contributed by atoms with van der Waals surface area (Å²) < 4.78 is 5.51. The number of hydrogen-bond acceptors (Lipinski definition) is 8. The lowest BCUT2D eigenvalue weighted by molar-refractivity contribution is -0.122. The highest BCUT2D eigenvalue weighted by molar-refractivity contribution is 6.01. The number of aromatic amines is 1. The molecular formula is C29H43N7O3. The van der Waals surface area contributed by atoms with Crippen LogP contribution < -0.4 is 20.5 Å². The highest BCUT2D eigenvalue weighted by Crippen LogP contribution is 2.38. The third kappa shape index (κ3) is 5.87. The van der Waals surface area contributed by atoms with Crippen molar-refractivity contribution >= 4 is 28.7 Å². The molecule has 39 heavy (non-hydrogen) atoms. The minimum absolute atomic E-state index is 0. The van der Waals surface area contributed by atoms with Crippen molar-refractivity contribution in [1.29, 1.82) is 5.26 Å². The number of nitriles is 1. The van der Waals surface area contributed by atoms with E-state index in [-0.39, 0.29) is 32.3 Å². The number of H-pyrrole nitrogens is 1. The van der Waals surface area contributed by atoms with Crippen LogP contribution in [0.25, 0.3) is 10.9 Å². The van der Waals surface area contributed by atoms with Gasteiger partial charge in [-0.25, -0.2) is 0 Å². The lowest BCUT2D eigenvalue weighted by atomic mass is 9.88. The van der Waals surface area contributed by atoms with Crippen LogP contribution in [0, 0.1) is 23.7 Å². The second-order valence-corrected chi connectivity index (χ2v) is 9.81. The third-order valence-electron chi connectivity index (χ3n) is 6.97. The molecule has 1 amide bonds. The fourth-order valence-electron chi connectivity index (χ4n) is 4.94. The highest BCUT2D eigenvalue weighted by atomic mass is 16.5. The number of benzene rings is 1. The van der Waals surface area contributed by atoms with Gasteiger partial charge in [0.2, 0.25) is 17.8 Å². The second-order valence-electron chi connectivity index (χ2n) is 9.81. The number of ether oxygens (including phenoxy) is 1. The Morgan fingerprint density at radius 2 is 1.97 bits per heavy atom. The number of nitrogens with one attached hydrogen (secondary N) is 2. The van der Waals surface area contributed by atoms with Gasteiger partial charge in [-0.2, -0.15) is 20.2 Å². The van der Waals surface area contributed by atoms with E-state index in [0.29, 0.717) is 29.7 Å². The molecule has 0 spiro atoms. The first-order valence-corrected chi connectivity index (χ1v) is 13.6. The molecule has 1 aliphatic heterocycles. The number of amides is 1. The lowest BCUT2D eigenvalue weighted by Crippen LogP contribution is -2.37. The zero-order valence-corrected chi connectivity index (χ0v) is 24.2. The van der Waals surface area contributed by atoms with Gasteiger partial charge in [0.05, 0.1) is 24.7 Å².